The van der Waals surface area contributed by atoms with Gasteiger partial charge >= 0.3 is 10.1 Å². The van der Waals surface area contributed by atoms with Crippen LogP contribution in [0, 0.1) is 13.8 Å². The summed E-state index contributed by atoms with van der Waals surface area (Å²) in [6.45, 7) is 3.69. The fourth-order valence-corrected chi connectivity index (χ4v) is 1.76. The second kappa shape index (κ2) is 3.82. The maximum Gasteiger partial charge on any atom is 0.306 e. The van der Waals surface area contributed by atoms with E-state index in [2.05, 4.69) is 12.6 Å². The number of rotatable bonds is 2. The lowest BCUT2D eigenvalue weighted by Crippen LogP contribution is -2.07. The van der Waals surface area contributed by atoms with Crippen molar-refractivity contribution in [2.24, 2.45) is 0 Å². The number of benzene rings is 1. The first-order valence-electron chi connectivity index (χ1n) is 3.99. The van der Waals surface area contributed by atoms with Gasteiger partial charge in [0.05, 0.1) is 6.26 Å². The molecule has 0 aliphatic rings. The molecule has 5 heteroatoms. The van der Waals surface area contributed by atoms with Crippen LogP contribution < -0.4 is 4.18 Å². The summed E-state index contributed by atoms with van der Waals surface area (Å²) in [5, 5.41) is 0. The molecular formula is C9H12O3S2. The lowest BCUT2D eigenvalue weighted by molar-refractivity contribution is 0.490. The second-order valence-electron chi connectivity index (χ2n) is 3.19. The third-order valence-corrected chi connectivity index (χ3v) is 2.70. The number of hydrogen-bond acceptors (Lipinski definition) is 4. The minimum absolute atomic E-state index is 0.336. The molecule has 0 saturated carbocycles. The Hall–Kier alpha value is -0.680. The van der Waals surface area contributed by atoms with E-state index in [0.717, 1.165) is 17.4 Å². The Morgan fingerprint density at radius 2 is 1.79 bits per heavy atom. The fraction of sp³-hybridized carbons (Fsp3) is 0.333. The third-order valence-electron chi connectivity index (χ3n) is 1.73. The van der Waals surface area contributed by atoms with E-state index in [1.165, 1.54) is 0 Å². The fourth-order valence-electron chi connectivity index (χ4n) is 1.07. The predicted octanol–water partition coefficient (Wildman–Crippen LogP) is 1.93. The molecule has 0 aliphatic carbocycles. The molecular weight excluding hydrogens is 220 g/mol. The van der Waals surface area contributed by atoms with Crippen molar-refractivity contribution < 1.29 is 12.6 Å². The maximum absolute atomic E-state index is 10.9. The van der Waals surface area contributed by atoms with Crippen molar-refractivity contribution >= 4 is 22.7 Å². The molecule has 0 aromatic heterocycles. The van der Waals surface area contributed by atoms with Gasteiger partial charge in [-0.15, -0.1) is 12.6 Å². The summed E-state index contributed by atoms with van der Waals surface area (Å²) in [6, 6.07) is 3.44. The molecule has 0 heterocycles. The summed E-state index contributed by atoms with van der Waals surface area (Å²) in [4.78, 5) is 0.717. The van der Waals surface area contributed by atoms with Crippen LogP contribution in [0.1, 0.15) is 11.1 Å². The van der Waals surface area contributed by atoms with E-state index < -0.39 is 10.1 Å². The van der Waals surface area contributed by atoms with Gasteiger partial charge in [0.15, 0.2) is 0 Å². The van der Waals surface area contributed by atoms with Gasteiger partial charge in [-0.25, -0.2) is 0 Å². The lowest BCUT2D eigenvalue weighted by Gasteiger charge is -2.08. The predicted molar refractivity (Wildman–Crippen MR) is 58.6 cm³/mol. The van der Waals surface area contributed by atoms with Gasteiger partial charge in [0.1, 0.15) is 5.75 Å². The van der Waals surface area contributed by atoms with E-state index in [1.54, 1.807) is 13.0 Å². The summed E-state index contributed by atoms with van der Waals surface area (Å²) >= 11 is 4.19. The minimum atomic E-state index is -3.46. The van der Waals surface area contributed by atoms with Gasteiger partial charge in [-0.05, 0) is 31.0 Å². The van der Waals surface area contributed by atoms with Crippen LogP contribution in [0.5, 0.6) is 5.75 Å². The third kappa shape index (κ3) is 2.92. The molecule has 0 saturated heterocycles. The molecule has 0 unspecified atom stereocenters. The summed E-state index contributed by atoms with van der Waals surface area (Å²) < 4.78 is 26.6. The molecule has 0 aliphatic heterocycles. The summed E-state index contributed by atoms with van der Waals surface area (Å²) in [6.07, 6.45) is 1.02. The minimum Gasteiger partial charge on any atom is -0.382 e. The first-order valence-corrected chi connectivity index (χ1v) is 6.25. The van der Waals surface area contributed by atoms with Crippen LogP contribution in [-0.2, 0) is 10.1 Å². The molecule has 1 aromatic rings. The molecule has 0 bridgehead atoms. The van der Waals surface area contributed by atoms with Crippen molar-refractivity contribution in [3.63, 3.8) is 0 Å². The Labute approximate surface area is 89.6 Å². The number of thiol groups is 1. The van der Waals surface area contributed by atoms with Gasteiger partial charge < -0.3 is 4.18 Å². The highest BCUT2D eigenvalue weighted by atomic mass is 32.2. The van der Waals surface area contributed by atoms with Gasteiger partial charge in [-0.1, -0.05) is 6.07 Å². The molecule has 1 aromatic carbocycles. The Balaban J connectivity index is 3.17. The van der Waals surface area contributed by atoms with Gasteiger partial charge in [-0.3, -0.25) is 0 Å². The topological polar surface area (TPSA) is 43.4 Å². The molecule has 0 atom stereocenters. The van der Waals surface area contributed by atoms with Crippen molar-refractivity contribution in [2.45, 2.75) is 18.7 Å². The van der Waals surface area contributed by atoms with Crippen LogP contribution in [0.25, 0.3) is 0 Å². The SMILES string of the molecule is Cc1cc(C)c(OS(C)(=O)=O)cc1S. The monoisotopic (exact) mass is 232 g/mol. The van der Waals surface area contributed by atoms with Crippen molar-refractivity contribution in [3.05, 3.63) is 23.3 Å². The Morgan fingerprint density at radius 3 is 2.29 bits per heavy atom. The van der Waals surface area contributed by atoms with Crippen LogP contribution >= 0.6 is 12.6 Å². The van der Waals surface area contributed by atoms with Crippen LogP contribution in [-0.4, -0.2) is 14.7 Å². The average molecular weight is 232 g/mol. The van der Waals surface area contributed by atoms with Gasteiger partial charge in [0, 0.05) is 4.90 Å². The molecule has 3 nitrogen and oxygen atoms in total. The van der Waals surface area contributed by atoms with Crippen LogP contribution in [0.2, 0.25) is 0 Å². The highest BCUT2D eigenvalue weighted by Gasteiger charge is 2.08. The van der Waals surface area contributed by atoms with Crippen molar-refractivity contribution in [1.82, 2.24) is 0 Å². The highest BCUT2D eigenvalue weighted by Crippen LogP contribution is 2.25. The Kier molecular flexibility index (Phi) is 3.11. The Morgan fingerprint density at radius 1 is 1.21 bits per heavy atom. The molecule has 0 spiro atoms. The Bertz CT molecular complexity index is 449. The number of hydrogen-bond donors (Lipinski definition) is 1. The van der Waals surface area contributed by atoms with Gasteiger partial charge in [0.25, 0.3) is 0 Å². The van der Waals surface area contributed by atoms with E-state index in [9.17, 15) is 8.42 Å². The molecule has 0 radical (unpaired) electrons. The van der Waals surface area contributed by atoms with Gasteiger partial charge in [0.2, 0.25) is 0 Å². The second-order valence-corrected chi connectivity index (χ2v) is 5.25. The zero-order chi connectivity index (χ0) is 10.9. The van der Waals surface area contributed by atoms with Crippen LogP contribution in [0.15, 0.2) is 17.0 Å². The van der Waals surface area contributed by atoms with E-state index in [1.807, 2.05) is 13.0 Å². The normalized spacial score (nSPS) is 11.4. The van der Waals surface area contributed by atoms with E-state index in [-0.39, 0.29) is 0 Å². The van der Waals surface area contributed by atoms with Crippen molar-refractivity contribution in [1.29, 1.82) is 0 Å². The van der Waals surface area contributed by atoms with E-state index in [4.69, 9.17) is 4.18 Å². The standard InChI is InChI=1S/C9H12O3S2/c1-6-4-7(2)9(13)5-8(6)12-14(3,10)11/h4-5,13H,1-3H3. The lowest BCUT2D eigenvalue weighted by atomic mass is 10.1. The first-order chi connectivity index (χ1) is 6.29. The van der Waals surface area contributed by atoms with Crippen LogP contribution in [0.3, 0.4) is 0 Å². The summed E-state index contributed by atoms with van der Waals surface area (Å²) in [5.74, 6) is 0.336. The molecule has 1 rings (SSSR count). The summed E-state index contributed by atoms with van der Waals surface area (Å²) in [5.41, 5.74) is 1.78. The smallest absolute Gasteiger partial charge is 0.306 e. The zero-order valence-electron chi connectivity index (χ0n) is 8.23. The molecule has 14 heavy (non-hydrogen) atoms. The molecule has 0 amide bonds. The quantitative estimate of drug-likeness (QED) is 0.626. The first kappa shape index (κ1) is 11.4. The summed E-state index contributed by atoms with van der Waals surface area (Å²) in [7, 11) is -3.46. The van der Waals surface area contributed by atoms with E-state index in [0.29, 0.717) is 10.6 Å². The zero-order valence-corrected chi connectivity index (χ0v) is 9.95. The molecule has 0 N–H and O–H groups in total. The average Bonchev–Trinajstić information content (AvgIpc) is 1.97. The highest BCUT2D eigenvalue weighted by molar-refractivity contribution is 7.86. The van der Waals surface area contributed by atoms with Gasteiger partial charge in [-0.2, -0.15) is 8.42 Å². The maximum atomic E-state index is 10.9. The van der Waals surface area contributed by atoms with Crippen molar-refractivity contribution in [3.8, 4) is 5.75 Å². The molecule has 78 valence electrons. The molecule has 0 fully saturated rings. The van der Waals surface area contributed by atoms with Crippen molar-refractivity contribution in [2.75, 3.05) is 6.26 Å². The number of aryl methyl sites for hydroxylation is 2. The van der Waals surface area contributed by atoms with Crippen LogP contribution in [0.4, 0.5) is 0 Å². The largest absolute Gasteiger partial charge is 0.382 e. The van der Waals surface area contributed by atoms with E-state index >= 15 is 0 Å².